The van der Waals surface area contributed by atoms with Gasteiger partial charge in [0.1, 0.15) is 17.1 Å². The minimum Gasteiger partial charge on any atom is -0.306 e. The maximum absolute atomic E-state index is 12.4. The molecule has 2 heterocycles. The Bertz CT molecular complexity index is 1170. The van der Waals surface area contributed by atoms with Gasteiger partial charge >= 0.3 is 0 Å². The SMILES string of the molecule is O=C(Cn1nnc2ccccc21)Nc1nn(Cc2ccc(Cl)c(Cl)c2)cc1Cl. The molecule has 0 aliphatic heterocycles. The standard InChI is InChI=1S/C18H13Cl3N6O/c19-12-6-5-11(7-13(12)20)8-26-9-14(21)18(24-26)22-17(28)10-27-16-4-2-1-3-15(16)23-25-27/h1-7,9H,8,10H2,(H,22,24,28). The topological polar surface area (TPSA) is 77.6 Å². The quantitative estimate of drug-likeness (QED) is 0.508. The zero-order valence-electron chi connectivity index (χ0n) is 14.3. The number of fused-ring (bicyclic) bond motifs is 1. The molecule has 0 saturated heterocycles. The second-order valence-electron chi connectivity index (χ2n) is 6.06. The molecule has 0 fully saturated rings. The fraction of sp³-hybridized carbons (Fsp3) is 0.111. The van der Waals surface area contributed by atoms with E-state index < -0.39 is 0 Å². The Hall–Kier alpha value is -2.61. The van der Waals surface area contributed by atoms with Crippen LogP contribution < -0.4 is 5.32 Å². The van der Waals surface area contributed by atoms with Gasteiger partial charge in [-0.2, -0.15) is 5.10 Å². The van der Waals surface area contributed by atoms with Crippen LogP contribution in [0.25, 0.3) is 11.0 Å². The molecule has 0 saturated carbocycles. The predicted octanol–water partition coefficient (Wildman–Crippen LogP) is 4.28. The largest absolute Gasteiger partial charge is 0.306 e. The summed E-state index contributed by atoms with van der Waals surface area (Å²) in [6.07, 6.45) is 1.63. The smallest absolute Gasteiger partial charge is 0.247 e. The summed E-state index contributed by atoms with van der Waals surface area (Å²) in [4.78, 5) is 12.4. The summed E-state index contributed by atoms with van der Waals surface area (Å²) in [5.41, 5.74) is 2.40. The average Bonchev–Trinajstić information content (AvgIpc) is 3.22. The summed E-state index contributed by atoms with van der Waals surface area (Å²) in [5.74, 6) is -0.0338. The molecule has 1 N–H and O–H groups in total. The number of aromatic nitrogens is 5. The number of carbonyl (C=O) groups excluding carboxylic acids is 1. The van der Waals surface area contributed by atoms with Crippen molar-refractivity contribution in [3.8, 4) is 0 Å². The second kappa shape index (κ2) is 7.79. The third kappa shape index (κ3) is 3.96. The molecule has 0 bridgehead atoms. The molecule has 2 aromatic heterocycles. The molecule has 0 radical (unpaired) electrons. The first kappa shape index (κ1) is 18.7. The third-order valence-corrected chi connectivity index (χ3v) is 5.03. The number of carbonyl (C=O) groups is 1. The van der Waals surface area contributed by atoms with Crippen molar-refractivity contribution in [1.29, 1.82) is 0 Å². The lowest BCUT2D eigenvalue weighted by atomic mass is 10.2. The fourth-order valence-electron chi connectivity index (χ4n) is 2.73. The fourth-order valence-corrected chi connectivity index (χ4v) is 3.25. The molecule has 0 unspecified atom stereocenters. The number of benzene rings is 2. The number of para-hydroxylation sites is 1. The van der Waals surface area contributed by atoms with Crippen LogP contribution in [0.3, 0.4) is 0 Å². The number of nitrogens with zero attached hydrogens (tertiary/aromatic N) is 5. The highest BCUT2D eigenvalue weighted by molar-refractivity contribution is 6.42. The third-order valence-electron chi connectivity index (χ3n) is 4.02. The lowest BCUT2D eigenvalue weighted by Gasteiger charge is -2.05. The molecule has 1 amide bonds. The number of anilines is 1. The van der Waals surface area contributed by atoms with Crippen molar-refractivity contribution in [1.82, 2.24) is 24.8 Å². The van der Waals surface area contributed by atoms with E-state index in [9.17, 15) is 4.79 Å². The average molecular weight is 436 g/mol. The summed E-state index contributed by atoms with van der Waals surface area (Å²) in [6, 6.07) is 12.7. The summed E-state index contributed by atoms with van der Waals surface area (Å²) < 4.78 is 3.13. The molecule has 7 nitrogen and oxygen atoms in total. The number of hydrogen-bond acceptors (Lipinski definition) is 4. The second-order valence-corrected chi connectivity index (χ2v) is 7.28. The van der Waals surface area contributed by atoms with Crippen LogP contribution in [0.2, 0.25) is 15.1 Å². The van der Waals surface area contributed by atoms with Crippen molar-refractivity contribution in [2.75, 3.05) is 5.32 Å². The van der Waals surface area contributed by atoms with Gasteiger partial charge in [0.2, 0.25) is 5.91 Å². The summed E-state index contributed by atoms with van der Waals surface area (Å²) in [7, 11) is 0. The maximum Gasteiger partial charge on any atom is 0.247 e. The van der Waals surface area contributed by atoms with Crippen LogP contribution in [0, 0.1) is 0 Å². The zero-order chi connectivity index (χ0) is 19.7. The molecule has 0 atom stereocenters. The first-order valence-electron chi connectivity index (χ1n) is 8.24. The van der Waals surface area contributed by atoms with Gasteiger partial charge in [0.05, 0.1) is 22.1 Å². The van der Waals surface area contributed by atoms with Crippen LogP contribution in [-0.4, -0.2) is 30.7 Å². The van der Waals surface area contributed by atoms with Gasteiger partial charge in [-0.15, -0.1) is 5.10 Å². The van der Waals surface area contributed by atoms with Gasteiger partial charge < -0.3 is 5.32 Å². The Morgan fingerprint density at radius 3 is 2.68 bits per heavy atom. The van der Waals surface area contributed by atoms with Gasteiger partial charge in [-0.25, -0.2) is 4.68 Å². The van der Waals surface area contributed by atoms with Gasteiger partial charge in [-0.3, -0.25) is 9.48 Å². The highest BCUT2D eigenvalue weighted by atomic mass is 35.5. The number of nitrogens with one attached hydrogen (secondary N) is 1. The van der Waals surface area contributed by atoms with E-state index in [2.05, 4.69) is 20.7 Å². The van der Waals surface area contributed by atoms with Gasteiger partial charge in [0.15, 0.2) is 5.82 Å². The van der Waals surface area contributed by atoms with E-state index in [1.807, 2.05) is 30.3 Å². The molecule has 2 aromatic carbocycles. The van der Waals surface area contributed by atoms with E-state index in [0.29, 0.717) is 21.6 Å². The monoisotopic (exact) mass is 434 g/mol. The van der Waals surface area contributed by atoms with Gasteiger partial charge in [0, 0.05) is 6.20 Å². The van der Waals surface area contributed by atoms with Crippen LogP contribution in [0.4, 0.5) is 5.82 Å². The molecule has 4 aromatic rings. The maximum atomic E-state index is 12.4. The van der Waals surface area contributed by atoms with E-state index in [-0.39, 0.29) is 18.3 Å². The lowest BCUT2D eigenvalue weighted by molar-refractivity contribution is -0.116. The van der Waals surface area contributed by atoms with Crippen molar-refractivity contribution >= 4 is 57.6 Å². The van der Waals surface area contributed by atoms with Crippen molar-refractivity contribution < 1.29 is 4.79 Å². The highest BCUT2D eigenvalue weighted by Gasteiger charge is 2.13. The van der Waals surface area contributed by atoms with Crippen molar-refractivity contribution in [2.45, 2.75) is 13.1 Å². The van der Waals surface area contributed by atoms with Crippen LogP contribution in [0.1, 0.15) is 5.56 Å². The molecular formula is C18H13Cl3N6O. The minimum absolute atomic E-state index is 0.00348. The molecule has 10 heteroatoms. The Labute approximate surface area is 174 Å². The number of hydrogen-bond donors (Lipinski definition) is 1. The van der Waals surface area contributed by atoms with Crippen molar-refractivity contribution in [3.05, 3.63) is 69.3 Å². The van der Waals surface area contributed by atoms with E-state index in [1.165, 1.54) is 4.68 Å². The van der Waals surface area contributed by atoms with Crippen LogP contribution in [0.15, 0.2) is 48.7 Å². The number of halogens is 3. The normalized spacial score (nSPS) is 11.1. The van der Waals surface area contributed by atoms with Gasteiger partial charge in [0.25, 0.3) is 0 Å². The summed E-state index contributed by atoms with van der Waals surface area (Å²) >= 11 is 18.2. The minimum atomic E-state index is -0.308. The van der Waals surface area contributed by atoms with Crippen molar-refractivity contribution in [3.63, 3.8) is 0 Å². The highest BCUT2D eigenvalue weighted by Crippen LogP contribution is 2.24. The molecule has 28 heavy (non-hydrogen) atoms. The Balaban J connectivity index is 1.46. The zero-order valence-corrected chi connectivity index (χ0v) is 16.6. The molecular weight excluding hydrogens is 423 g/mol. The Morgan fingerprint density at radius 2 is 1.86 bits per heavy atom. The Kier molecular flexibility index (Phi) is 5.21. The molecule has 0 aliphatic carbocycles. The molecule has 0 aliphatic rings. The number of amides is 1. The van der Waals surface area contributed by atoms with Crippen molar-refractivity contribution in [2.24, 2.45) is 0 Å². The number of rotatable bonds is 5. The predicted molar refractivity (Wildman–Crippen MR) is 109 cm³/mol. The van der Waals surface area contributed by atoms with Crippen LogP contribution in [0.5, 0.6) is 0 Å². The van der Waals surface area contributed by atoms with Gasteiger partial charge in [-0.05, 0) is 29.8 Å². The first-order valence-corrected chi connectivity index (χ1v) is 9.38. The Morgan fingerprint density at radius 1 is 1.04 bits per heavy atom. The molecule has 0 spiro atoms. The van der Waals surface area contributed by atoms with Gasteiger partial charge in [-0.1, -0.05) is 58.2 Å². The first-order chi connectivity index (χ1) is 13.5. The van der Waals surface area contributed by atoms with Crippen LogP contribution >= 0.6 is 34.8 Å². The van der Waals surface area contributed by atoms with Crippen LogP contribution in [-0.2, 0) is 17.9 Å². The molecule has 142 valence electrons. The summed E-state index contributed by atoms with van der Waals surface area (Å²) in [6.45, 7) is 0.427. The van der Waals surface area contributed by atoms with E-state index in [0.717, 1.165) is 16.6 Å². The summed E-state index contributed by atoms with van der Waals surface area (Å²) in [5, 5.41) is 16.3. The van der Waals surface area contributed by atoms with E-state index in [4.69, 9.17) is 34.8 Å². The van der Waals surface area contributed by atoms with E-state index in [1.54, 1.807) is 23.0 Å². The van der Waals surface area contributed by atoms with E-state index >= 15 is 0 Å². The lowest BCUT2D eigenvalue weighted by Crippen LogP contribution is -2.20. The molecule has 4 rings (SSSR count).